The van der Waals surface area contributed by atoms with Crippen LogP contribution < -0.4 is 10.2 Å². The van der Waals surface area contributed by atoms with E-state index >= 15 is 0 Å². The van der Waals surface area contributed by atoms with Crippen molar-refractivity contribution in [3.8, 4) is 0 Å². The Bertz CT molecular complexity index is 446. The predicted octanol–water partition coefficient (Wildman–Crippen LogP) is 4.11. The van der Waals surface area contributed by atoms with E-state index in [1.54, 1.807) is 0 Å². The number of benzene rings is 1. The Morgan fingerprint density at radius 3 is 2.74 bits per heavy atom. The number of hydrogen-bond donors (Lipinski definition) is 1. The molecule has 2 atom stereocenters. The Hall–Kier alpha value is -0.540. The second-order valence-electron chi connectivity index (χ2n) is 5.92. The van der Waals surface area contributed by atoms with Gasteiger partial charge in [-0.3, -0.25) is 0 Å². The van der Waals surface area contributed by atoms with E-state index in [1.165, 1.54) is 22.1 Å². The summed E-state index contributed by atoms with van der Waals surface area (Å²) in [6, 6.07) is 7.30. The van der Waals surface area contributed by atoms with Crippen LogP contribution in [0.4, 0.5) is 5.69 Å². The lowest BCUT2D eigenvalue weighted by atomic mass is 9.92. The zero-order valence-electron chi connectivity index (χ0n) is 12.5. The number of hydrogen-bond acceptors (Lipinski definition) is 2. The summed E-state index contributed by atoms with van der Waals surface area (Å²) in [5, 5.41) is 3.72. The minimum atomic E-state index is 0.229. The third-order valence-electron chi connectivity index (χ3n) is 4.45. The van der Waals surface area contributed by atoms with Crippen LogP contribution in [0, 0.1) is 6.92 Å². The smallest absolute Gasteiger partial charge is 0.0412 e. The van der Waals surface area contributed by atoms with Gasteiger partial charge in [0.25, 0.3) is 0 Å². The molecule has 1 aliphatic heterocycles. The zero-order chi connectivity index (χ0) is 14.0. The second-order valence-corrected chi connectivity index (χ2v) is 6.77. The number of anilines is 1. The molecule has 1 fully saturated rings. The Balaban J connectivity index is 2.29. The van der Waals surface area contributed by atoms with Crippen LogP contribution in [0.15, 0.2) is 22.7 Å². The normalized spacial score (nSPS) is 27.6. The van der Waals surface area contributed by atoms with Gasteiger partial charge >= 0.3 is 0 Å². The number of piperazine rings is 1. The second kappa shape index (κ2) is 5.84. The van der Waals surface area contributed by atoms with Crippen LogP contribution >= 0.6 is 15.9 Å². The molecule has 0 aliphatic carbocycles. The highest BCUT2D eigenvalue weighted by molar-refractivity contribution is 9.10. The van der Waals surface area contributed by atoms with E-state index in [0.717, 1.165) is 19.5 Å². The number of nitrogens with zero attached hydrogens (tertiary/aromatic N) is 1. The molecule has 0 saturated carbocycles. The fraction of sp³-hybridized carbons (Fsp3) is 0.625. The highest BCUT2D eigenvalue weighted by Crippen LogP contribution is 2.29. The van der Waals surface area contributed by atoms with E-state index in [-0.39, 0.29) is 5.54 Å². The summed E-state index contributed by atoms with van der Waals surface area (Å²) in [5.41, 5.74) is 2.89. The minimum Gasteiger partial charge on any atom is -0.365 e. The molecular formula is C16H25BrN2. The highest BCUT2D eigenvalue weighted by atomic mass is 79.9. The van der Waals surface area contributed by atoms with Crippen molar-refractivity contribution in [3.63, 3.8) is 0 Å². The van der Waals surface area contributed by atoms with Gasteiger partial charge in [0.2, 0.25) is 0 Å². The van der Waals surface area contributed by atoms with Crippen molar-refractivity contribution in [2.24, 2.45) is 0 Å². The van der Waals surface area contributed by atoms with E-state index < -0.39 is 0 Å². The predicted molar refractivity (Wildman–Crippen MR) is 87.0 cm³/mol. The molecule has 1 saturated heterocycles. The average molecular weight is 325 g/mol. The highest BCUT2D eigenvalue weighted by Gasteiger charge is 2.33. The summed E-state index contributed by atoms with van der Waals surface area (Å²) in [5.74, 6) is 0. The molecule has 2 rings (SSSR count). The topological polar surface area (TPSA) is 15.3 Å². The van der Waals surface area contributed by atoms with Crippen molar-refractivity contribution in [3.05, 3.63) is 28.2 Å². The summed E-state index contributed by atoms with van der Waals surface area (Å²) in [7, 11) is 0. The molecule has 1 aliphatic rings. The largest absolute Gasteiger partial charge is 0.365 e. The maximum absolute atomic E-state index is 3.72. The van der Waals surface area contributed by atoms with Crippen LogP contribution in [0.5, 0.6) is 0 Å². The van der Waals surface area contributed by atoms with Crippen molar-refractivity contribution < 1.29 is 0 Å². The lowest BCUT2D eigenvalue weighted by Gasteiger charge is -2.47. The number of rotatable bonds is 3. The summed E-state index contributed by atoms with van der Waals surface area (Å²) in [6.45, 7) is 11.2. The first-order valence-electron chi connectivity index (χ1n) is 7.27. The molecule has 19 heavy (non-hydrogen) atoms. The van der Waals surface area contributed by atoms with Gasteiger partial charge in [-0.15, -0.1) is 0 Å². The summed E-state index contributed by atoms with van der Waals surface area (Å²) in [6.07, 6.45) is 2.34. The van der Waals surface area contributed by atoms with E-state index in [9.17, 15) is 0 Å². The molecule has 0 bridgehead atoms. The fourth-order valence-electron chi connectivity index (χ4n) is 2.75. The van der Waals surface area contributed by atoms with Gasteiger partial charge in [0.15, 0.2) is 0 Å². The lowest BCUT2D eigenvalue weighted by Crippen LogP contribution is -2.62. The van der Waals surface area contributed by atoms with E-state index in [0.29, 0.717) is 6.04 Å². The Labute approximate surface area is 125 Å². The van der Waals surface area contributed by atoms with E-state index in [1.807, 2.05) is 0 Å². The Kier molecular flexibility index (Phi) is 4.57. The summed E-state index contributed by atoms with van der Waals surface area (Å²) < 4.78 is 1.19. The molecule has 1 heterocycles. The standard InChI is InChI=1S/C16H25BrN2/c1-5-13-10-18-16(4,6-2)11-19(13)14-7-8-15(17)12(3)9-14/h7-9,13,18H,5-6,10-11H2,1-4H3. The average Bonchev–Trinajstić information content (AvgIpc) is 2.42. The van der Waals surface area contributed by atoms with Gasteiger partial charge < -0.3 is 10.2 Å². The maximum atomic E-state index is 3.72. The van der Waals surface area contributed by atoms with Gasteiger partial charge in [0, 0.05) is 34.8 Å². The van der Waals surface area contributed by atoms with E-state index in [4.69, 9.17) is 0 Å². The molecule has 3 heteroatoms. The molecule has 1 aromatic carbocycles. The monoisotopic (exact) mass is 324 g/mol. The molecular weight excluding hydrogens is 300 g/mol. The van der Waals surface area contributed by atoms with Crippen LogP contribution in [0.2, 0.25) is 0 Å². The third kappa shape index (κ3) is 3.14. The van der Waals surface area contributed by atoms with Gasteiger partial charge in [0.1, 0.15) is 0 Å². The van der Waals surface area contributed by atoms with Crippen LogP contribution in [0.25, 0.3) is 0 Å². The fourth-order valence-corrected chi connectivity index (χ4v) is 2.99. The Morgan fingerprint density at radius 2 is 2.16 bits per heavy atom. The quantitative estimate of drug-likeness (QED) is 0.899. The number of nitrogens with one attached hydrogen (secondary N) is 1. The van der Waals surface area contributed by atoms with Gasteiger partial charge in [-0.05, 0) is 50.5 Å². The van der Waals surface area contributed by atoms with Gasteiger partial charge in [-0.1, -0.05) is 29.8 Å². The van der Waals surface area contributed by atoms with Crippen LogP contribution in [0.3, 0.4) is 0 Å². The first kappa shape index (κ1) is 14.9. The molecule has 2 unspecified atom stereocenters. The van der Waals surface area contributed by atoms with Crippen molar-refractivity contribution in [1.82, 2.24) is 5.32 Å². The van der Waals surface area contributed by atoms with Crippen molar-refractivity contribution in [1.29, 1.82) is 0 Å². The Morgan fingerprint density at radius 1 is 1.42 bits per heavy atom. The summed E-state index contributed by atoms with van der Waals surface area (Å²) in [4.78, 5) is 2.58. The number of aryl methyl sites for hydroxylation is 1. The molecule has 0 spiro atoms. The van der Waals surface area contributed by atoms with E-state index in [2.05, 4.69) is 72.0 Å². The lowest BCUT2D eigenvalue weighted by molar-refractivity contribution is 0.276. The maximum Gasteiger partial charge on any atom is 0.0412 e. The number of halogens is 1. The van der Waals surface area contributed by atoms with Gasteiger partial charge in [-0.25, -0.2) is 0 Å². The molecule has 0 aromatic heterocycles. The molecule has 2 nitrogen and oxygen atoms in total. The molecule has 0 amide bonds. The van der Waals surface area contributed by atoms with Gasteiger partial charge in [0.05, 0.1) is 0 Å². The van der Waals surface area contributed by atoms with Crippen molar-refractivity contribution in [2.45, 2.75) is 52.1 Å². The van der Waals surface area contributed by atoms with Crippen LogP contribution in [-0.2, 0) is 0 Å². The molecule has 0 radical (unpaired) electrons. The first-order chi connectivity index (χ1) is 8.99. The van der Waals surface area contributed by atoms with Gasteiger partial charge in [-0.2, -0.15) is 0 Å². The van der Waals surface area contributed by atoms with Crippen LogP contribution in [-0.4, -0.2) is 24.7 Å². The minimum absolute atomic E-state index is 0.229. The molecule has 1 aromatic rings. The molecule has 1 N–H and O–H groups in total. The molecule has 106 valence electrons. The summed E-state index contributed by atoms with van der Waals surface area (Å²) >= 11 is 3.59. The zero-order valence-corrected chi connectivity index (χ0v) is 14.0. The van der Waals surface area contributed by atoms with Crippen molar-refractivity contribution >= 4 is 21.6 Å². The first-order valence-corrected chi connectivity index (χ1v) is 8.06. The van der Waals surface area contributed by atoms with Crippen molar-refractivity contribution in [2.75, 3.05) is 18.0 Å². The third-order valence-corrected chi connectivity index (χ3v) is 5.34. The SMILES string of the molecule is CCC1CNC(C)(CC)CN1c1ccc(Br)c(C)c1. The van der Waals surface area contributed by atoms with Crippen LogP contribution in [0.1, 0.15) is 39.2 Å².